The summed E-state index contributed by atoms with van der Waals surface area (Å²) in [5, 5.41) is 11.5. The van der Waals surface area contributed by atoms with Crippen molar-refractivity contribution < 1.29 is 12.8 Å². The lowest BCUT2D eigenvalue weighted by atomic mass is 10.2. The molecular formula is C14H12FN3O2S. The first-order valence-electron chi connectivity index (χ1n) is 5.96. The van der Waals surface area contributed by atoms with Gasteiger partial charge >= 0.3 is 0 Å². The number of benzene rings is 2. The highest BCUT2D eigenvalue weighted by atomic mass is 32.2. The molecule has 0 saturated heterocycles. The number of nitriles is 1. The third-order valence-electron chi connectivity index (χ3n) is 2.80. The van der Waals surface area contributed by atoms with Gasteiger partial charge in [0.1, 0.15) is 5.82 Å². The minimum absolute atomic E-state index is 0.0188. The fourth-order valence-electron chi connectivity index (χ4n) is 1.67. The van der Waals surface area contributed by atoms with E-state index in [0.29, 0.717) is 0 Å². The van der Waals surface area contributed by atoms with Crippen LogP contribution in [0, 0.1) is 17.1 Å². The molecule has 0 saturated carbocycles. The lowest BCUT2D eigenvalue weighted by Crippen LogP contribution is -2.14. The fourth-order valence-corrected chi connectivity index (χ4v) is 2.74. The smallest absolute Gasteiger partial charge is 0.261 e. The van der Waals surface area contributed by atoms with Crippen LogP contribution in [0.5, 0.6) is 0 Å². The van der Waals surface area contributed by atoms with Gasteiger partial charge in [0.15, 0.2) is 0 Å². The van der Waals surface area contributed by atoms with E-state index >= 15 is 0 Å². The van der Waals surface area contributed by atoms with Gasteiger partial charge in [0.2, 0.25) is 0 Å². The lowest BCUT2D eigenvalue weighted by Gasteiger charge is -2.09. The van der Waals surface area contributed by atoms with Gasteiger partial charge in [-0.15, -0.1) is 0 Å². The van der Waals surface area contributed by atoms with E-state index < -0.39 is 15.8 Å². The average molecular weight is 305 g/mol. The molecule has 7 heteroatoms. The largest absolute Gasteiger partial charge is 0.388 e. The van der Waals surface area contributed by atoms with Crippen LogP contribution in [0.3, 0.4) is 0 Å². The number of anilines is 2. The minimum atomic E-state index is -3.88. The zero-order valence-corrected chi connectivity index (χ0v) is 11.9. The Hall–Kier alpha value is -2.59. The summed E-state index contributed by atoms with van der Waals surface area (Å²) in [6.07, 6.45) is 0. The van der Waals surface area contributed by atoms with E-state index in [-0.39, 0.29) is 16.1 Å². The summed E-state index contributed by atoms with van der Waals surface area (Å²) in [6, 6.07) is 11.3. The lowest BCUT2D eigenvalue weighted by molar-refractivity contribution is 0.598. The molecule has 0 aliphatic carbocycles. The van der Waals surface area contributed by atoms with E-state index in [2.05, 4.69) is 10.0 Å². The third kappa shape index (κ3) is 3.30. The highest BCUT2D eigenvalue weighted by Gasteiger charge is 2.16. The van der Waals surface area contributed by atoms with Crippen molar-refractivity contribution in [2.24, 2.45) is 0 Å². The normalized spacial score (nSPS) is 10.7. The van der Waals surface area contributed by atoms with Crippen LogP contribution in [0.2, 0.25) is 0 Å². The van der Waals surface area contributed by atoms with Gasteiger partial charge in [-0.05, 0) is 42.5 Å². The first kappa shape index (κ1) is 14.8. The van der Waals surface area contributed by atoms with Gasteiger partial charge in [-0.2, -0.15) is 5.26 Å². The molecule has 2 aromatic carbocycles. The molecule has 0 heterocycles. The Morgan fingerprint density at radius 1 is 1.14 bits per heavy atom. The van der Waals surface area contributed by atoms with Crippen molar-refractivity contribution >= 4 is 21.4 Å². The maximum absolute atomic E-state index is 13.7. The molecule has 0 amide bonds. The van der Waals surface area contributed by atoms with Crippen LogP contribution in [-0.4, -0.2) is 15.5 Å². The molecule has 21 heavy (non-hydrogen) atoms. The Morgan fingerprint density at radius 3 is 2.33 bits per heavy atom. The van der Waals surface area contributed by atoms with Crippen molar-refractivity contribution in [3.05, 3.63) is 53.8 Å². The summed E-state index contributed by atoms with van der Waals surface area (Å²) in [7, 11) is -2.16. The van der Waals surface area contributed by atoms with E-state index in [4.69, 9.17) is 5.26 Å². The van der Waals surface area contributed by atoms with Crippen LogP contribution in [-0.2, 0) is 10.0 Å². The molecule has 0 fully saturated rings. The summed E-state index contributed by atoms with van der Waals surface area (Å²) < 4.78 is 40.2. The quantitative estimate of drug-likeness (QED) is 0.909. The molecule has 0 aliphatic heterocycles. The van der Waals surface area contributed by atoms with Crippen LogP contribution in [0.4, 0.5) is 15.8 Å². The number of sulfonamides is 1. The van der Waals surface area contributed by atoms with E-state index in [0.717, 1.165) is 11.8 Å². The predicted molar refractivity (Wildman–Crippen MR) is 77.9 cm³/mol. The Kier molecular flexibility index (Phi) is 4.10. The molecule has 0 radical (unpaired) electrons. The zero-order chi connectivity index (χ0) is 15.5. The summed E-state index contributed by atoms with van der Waals surface area (Å²) in [6.45, 7) is 0. The van der Waals surface area contributed by atoms with Crippen molar-refractivity contribution in [1.29, 1.82) is 5.26 Å². The van der Waals surface area contributed by atoms with Gasteiger partial charge in [0.05, 0.1) is 22.2 Å². The average Bonchev–Trinajstić information content (AvgIpc) is 2.49. The maximum atomic E-state index is 13.7. The Labute approximate surface area is 122 Å². The first-order chi connectivity index (χ1) is 9.96. The first-order valence-corrected chi connectivity index (χ1v) is 7.45. The van der Waals surface area contributed by atoms with Crippen LogP contribution in [0.1, 0.15) is 5.56 Å². The standard InChI is InChI=1S/C14H12FN3O2S/c1-17-11-3-5-12(6-4-11)21(19,20)18-14-7-2-10(9-16)8-13(14)15/h2-8,17-18H,1H3. The number of hydrogen-bond acceptors (Lipinski definition) is 4. The van der Waals surface area contributed by atoms with Crippen molar-refractivity contribution in [3.63, 3.8) is 0 Å². The molecule has 0 spiro atoms. The Balaban J connectivity index is 2.30. The molecule has 2 aromatic rings. The molecule has 0 bridgehead atoms. The zero-order valence-electron chi connectivity index (χ0n) is 11.1. The molecule has 2 rings (SSSR count). The molecule has 0 atom stereocenters. The van der Waals surface area contributed by atoms with Gasteiger partial charge in [-0.3, -0.25) is 4.72 Å². The molecule has 0 unspecified atom stereocenters. The summed E-state index contributed by atoms with van der Waals surface area (Å²) in [5.41, 5.74) is 0.680. The number of hydrogen-bond donors (Lipinski definition) is 2. The van der Waals surface area contributed by atoms with E-state index in [1.165, 1.54) is 24.3 Å². The van der Waals surface area contributed by atoms with Crippen molar-refractivity contribution in [2.75, 3.05) is 17.1 Å². The van der Waals surface area contributed by atoms with Crippen LogP contribution >= 0.6 is 0 Å². The van der Waals surface area contributed by atoms with Crippen LogP contribution in [0.25, 0.3) is 0 Å². The third-order valence-corrected chi connectivity index (χ3v) is 4.18. The topological polar surface area (TPSA) is 82.0 Å². The molecule has 5 nitrogen and oxygen atoms in total. The monoisotopic (exact) mass is 305 g/mol. The van der Waals surface area contributed by atoms with Crippen LogP contribution < -0.4 is 10.0 Å². The Morgan fingerprint density at radius 2 is 1.81 bits per heavy atom. The molecule has 0 aliphatic rings. The van der Waals surface area contributed by atoms with Crippen molar-refractivity contribution in [3.8, 4) is 6.07 Å². The minimum Gasteiger partial charge on any atom is -0.388 e. The number of rotatable bonds is 4. The second-order valence-corrected chi connectivity index (χ2v) is 5.87. The maximum Gasteiger partial charge on any atom is 0.261 e. The highest BCUT2D eigenvalue weighted by Crippen LogP contribution is 2.21. The van der Waals surface area contributed by atoms with Crippen molar-refractivity contribution in [1.82, 2.24) is 0 Å². The van der Waals surface area contributed by atoms with Crippen molar-refractivity contribution in [2.45, 2.75) is 4.90 Å². The SMILES string of the molecule is CNc1ccc(S(=O)(=O)Nc2ccc(C#N)cc2F)cc1. The summed E-state index contributed by atoms with van der Waals surface area (Å²) in [5.74, 6) is -0.801. The summed E-state index contributed by atoms with van der Waals surface area (Å²) in [4.78, 5) is 0.0188. The van der Waals surface area contributed by atoms with Gasteiger partial charge in [0.25, 0.3) is 10.0 Å². The van der Waals surface area contributed by atoms with E-state index in [1.807, 2.05) is 0 Å². The number of nitrogens with zero attached hydrogens (tertiary/aromatic N) is 1. The van der Waals surface area contributed by atoms with Gasteiger partial charge < -0.3 is 5.32 Å². The van der Waals surface area contributed by atoms with Gasteiger partial charge in [-0.1, -0.05) is 0 Å². The summed E-state index contributed by atoms with van der Waals surface area (Å²) >= 11 is 0. The van der Waals surface area contributed by atoms with Gasteiger partial charge in [-0.25, -0.2) is 12.8 Å². The van der Waals surface area contributed by atoms with Gasteiger partial charge in [0, 0.05) is 12.7 Å². The molecule has 0 aromatic heterocycles. The fraction of sp³-hybridized carbons (Fsp3) is 0.0714. The van der Waals surface area contributed by atoms with Crippen LogP contribution in [0.15, 0.2) is 47.4 Å². The second kappa shape index (κ2) is 5.81. The number of halogens is 1. The highest BCUT2D eigenvalue weighted by molar-refractivity contribution is 7.92. The molecule has 108 valence electrons. The van der Waals surface area contributed by atoms with E-state index in [9.17, 15) is 12.8 Å². The predicted octanol–water partition coefficient (Wildman–Crippen LogP) is 2.54. The van der Waals surface area contributed by atoms with E-state index in [1.54, 1.807) is 25.2 Å². The number of nitrogens with one attached hydrogen (secondary N) is 2. The molecular weight excluding hydrogens is 293 g/mol. The Bertz CT molecular complexity index is 796. The second-order valence-electron chi connectivity index (χ2n) is 4.19. The molecule has 2 N–H and O–H groups in total.